The average molecular weight is 304 g/mol. The van der Waals surface area contributed by atoms with Crippen molar-refractivity contribution in [2.75, 3.05) is 42.9 Å². The van der Waals surface area contributed by atoms with Gasteiger partial charge in [0.2, 0.25) is 5.91 Å². The molecule has 2 heterocycles. The van der Waals surface area contributed by atoms with Gasteiger partial charge < -0.3 is 15.1 Å². The van der Waals surface area contributed by atoms with Gasteiger partial charge in [-0.15, -0.1) is 0 Å². The molecule has 0 aliphatic carbocycles. The second-order valence-electron chi connectivity index (χ2n) is 5.83. The molecule has 0 saturated carbocycles. The van der Waals surface area contributed by atoms with Crippen molar-refractivity contribution in [1.82, 2.24) is 9.88 Å². The van der Waals surface area contributed by atoms with Gasteiger partial charge >= 0.3 is 0 Å². The lowest BCUT2D eigenvalue weighted by atomic mass is 10.0. The van der Waals surface area contributed by atoms with Crippen molar-refractivity contribution in [2.45, 2.75) is 33.6 Å². The van der Waals surface area contributed by atoms with Crippen molar-refractivity contribution in [3.63, 3.8) is 0 Å². The molecule has 5 nitrogen and oxygen atoms in total. The first-order valence-electron chi connectivity index (χ1n) is 8.42. The van der Waals surface area contributed by atoms with Gasteiger partial charge in [-0.1, -0.05) is 20.8 Å². The molecule has 1 saturated heterocycles. The number of piperazine rings is 1. The van der Waals surface area contributed by atoms with Crippen LogP contribution in [0, 0.1) is 5.92 Å². The number of amides is 1. The molecule has 2 rings (SSSR count). The summed E-state index contributed by atoms with van der Waals surface area (Å²) in [6.07, 6.45) is 3.59. The summed E-state index contributed by atoms with van der Waals surface area (Å²) >= 11 is 0. The van der Waals surface area contributed by atoms with Crippen LogP contribution in [0.3, 0.4) is 0 Å². The number of nitrogens with zero attached hydrogens (tertiary/aromatic N) is 3. The Morgan fingerprint density at radius 3 is 2.36 bits per heavy atom. The number of carbonyl (C=O) groups excluding carboxylic acids is 1. The van der Waals surface area contributed by atoms with Crippen LogP contribution in [0.5, 0.6) is 0 Å². The van der Waals surface area contributed by atoms with Gasteiger partial charge in [-0.2, -0.15) is 0 Å². The zero-order chi connectivity index (χ0) is 15.9. The Kier molecular flexibility index (Phi) is 6.19. The number of aromatic nitrogens is 1. The van der Waals surface area contributed by atoms with Gasteiger partial charge in [-0.3, -0.25) is 4.79 Å². The molecule has 0 aromatic carbocycles. The molecule has 1 N–H and O–H groups in total. The third-order valence-electron chi connectivity index (χ3n) is 4.54. The van der Waals surface area contributed by atoms with Gasteiger partial charge in [-0.05, 0) is 31.5 Å². The van der Waals surface area contributed by atoms with Gasteiger partial charge in [-0.25, -0.2) is 4.98 Å². The maximum atomic E-state index is 12.1. The Morgan fingerprint density at radius 1 is 1.18 bits per heavy atom. The van der Waals surface area contributed by atoms with Crippen LogP contribution >= 0.6 is 0 Å². The van der Waals surface area contributed by atoms with Crippen LogP contribution in [-0.4, -0.2) is 48.5 Å². The summed E-state index contributed by atoms with van der Waals surface area (Å²) in [6.45, 7) is 11.7. The fraction of sp³-hybridized carbons (Fsp3) is 0.647. The Balaban J connectivity index is 1.92. The first-order chi connectivity index (χ1) is 10.7. The largest absolute Gasteiger partial charge is 0.368 e. The smallest absolute Gasteiger partial charge is 0.228 e. The number of pyridine rings is 1. The van der Waals surface area contributed by atoms with Crippen molar-refractivity contribution in [2.24, 2.45) is 5.92 Å². The highest BCUT2D eigenvalue weighted by molar-refractivity contribution is 5.91. The van der Waals surface area contributed by atoms with Gasteiger partial charge in [0.25, 0.3) is 0 Å². The third-order valence-corrected chi connectivity index (χ3v) is 4.54. The van der Waals surface area contributed by atoms with Crippen LogP contribution in [0.25, 0.3) is 0 Å². The molecule has 1 fully saturated rings. The van der Waals surface area contributed by atoms with E-state index in [2.05, 4.69) is 33.1 Å². The predicted octanol–water partition coefficient (Wildman–Crippen LogP) is 2.60. The summed E-state index contributed by atoms with van der Waals surface area (Å²) in [6, 6.07) is 3.96. The number of hydrogen-bond donors (Lipinski definition) is 1. The molecule has 1 aliphatic heterocycles. The van der Waals surface area contributed by atoms with Crippen molar-refractivity contribution in [3.8, 4) is 0 Å². The van der Waals surface area contributed by atoms with Gasteiger partial charge in [0.15, 0.2) is 0 Å². The van der Waals surface area contributed by atoms with Gasteiger partial charge in [0.05, 0.1) is 11.9 Å². The van der Waals surface area contributed by atoms with Crippen LogP contribution in [0.4, 0.5) is 11.5 Å². The Morgan fingerprint density at radius 2 is 1.86 bits per heavy atom. The summed E-state index contributed by atoms with van der Waals surface area (Å²) in [5, 5.41) is 2.91. The maximum absolute atomic E-state index is 12.1. The minimum atomic E-state index is 0.0711. The molecule has 0 atom stereocenters. The Bertz CT molecular complexity index is 462. The molecule has 0 spiro atoms. The van der Waals surface area contributed by atoms with Crippen LogP contribution in [0.15, 0.2) is 18.3 Å². The highest BCUT2D eigenvalue weighted by Crippen LogP contribution is 2.18. The number of nitrogens with one attached hydrogen (secondary N) is 1. The summed E-state index contributed by atoms with van der Waals surface area (Å²) < 4.78 is 0. The topological polar surface area (TPSA) is 48.5 Å². The number of carbonyl (C=O) groups is 1. The fourth-order valence-electron chi connectivity index (χ4n) is 2.86. The van der Waals surface area contributed by atoms with E-state index in [9.17, 15) is 4.79 Å². The summed E-state index contributed by atoms with van der Waals surface area (Å²) in [7, 11) is 0. The number of hydrogen-bond acceptors (Lipinski definition) is 4. The second-order valence-corrected chi connectivity index (χ2v) is 5.83. The lowest BCUT2D eigenvalue weighted by Crippen LogP contribution is -2.46. The summed E-state index contributed by atoms with van der Waals surface area (Å²) in [5.74, 6) is 0.790. The van der Waals surface area contributed by atoms with Crippen molar-refractivity contribution in [3.05, 3.63) is 18.3 Å². The van der Waals surface area contributed by atoms with Crippen LogP contribution in [-0.2, 0) is 4.79 Å². The zero-order valence-corrected chi connectivity index (χ0v) is 14.0. The minimum absolute atomic E-state index is 0.0711. The molecule has 122 valence electrons. The average Bonchev–Trinajstić information content (AvgIpc) is 2.57. The monoisotopic (exact) mass is 304 g/mol. The Hall–Kier alpha value is -1.62. The molecular weight excluding hydrogens is 276 g/mol. The molecule has 0 unspecified atom stereocenters. The molecule has 0 radical (unpaired) electrons. The lowest BCUT2D eigenvalue weighted by molar-refractivity contribution is -0.120. The van der Waals surface area contributed by atoms with E-state index in [1.54, 1.807) is 0 Å². The standard InChI is InChI=1S/C17H28N4O/c1-4-14(5-2)17(22)19-16-8-7-15(13-18-16)21-11-9-20(6-3)10-12-21/h7-8,13-14H,4-6,9-12H2,1-3H3,(H,18,19,22). The Labute approximate surface area is 133 Å². The van der Waals surface area contributed by atoms with Gasteiger partial charge in [0.1, 0.15) is 5.82 Å². The fourth-order valence-corrected chi connectivity index (χ4v) is 2.86. The zero-order valence-electron chi connectivity index (χ0n) is 14.0. The highest BCUT2D eigenvalue weighted by Gasteiger charge is 2.17. The quantitative estimate of drug-likeness (QED) is 0.877. The van der Waals surface area contributed by atoms with E-state index < -0.39 is 0 Å². The van der Waals surface area contributed by atoms with Crippen LogP contribution in [0.1, 0.15) is 33.6 Å². The molecule has 22 heavy (non-hydrogen) atoms. The highest BCUT2D eigenvalue weighted by atomic mass is 16.1. The number of likely N-dealkylation sites (N-methyl/N-ethyl adjacent to an activating group) is 1. The van der Waals surface area contributed by atoms with Crippen molar-refractivity contribution < 1.29 is 4.79 Å². The minimum Gasteiger partial charge on any atom is -0.368 e. The molecule has 1 amide bonds. The number of anilines is 2. The molecule has 5 heteroatoms. The SMILES string of the molecule is CCC(CC)C(=O)Nc1ccc(N2CCN(CC)CC2)cn1. The van der Waals surface area contributed by atoms with E-state index in [0.29, 0.717) is 5.82 Å². The molecular formula is C17H28N4O. The van der Waals surface area contributed by atoms with E-state index in [4.69, 9.17) is 0 Å². The van der Waals surface area contributed by atoms with Crippen LogP contribution in [0.2, 0.25) is 0 Å². The van der Waals surface area contributed by atoms with E-state index in [0.717, 1.165) is 51.3 Å². The second kappa shape index (κ2) is 8.13. The first-order valence-corrected chi connectivity index (χ1v) is 8.42. The molecule has 1 aromatic heterocycles. The maximum Gasteiger partial charge on any atom is 0.228 e. The summed E-state index contributed by atoms with van der Waals surface area (Å²) in [4.78, 5) is 21.3. The summed E-state index contributed by atoms with van der Waals surface area (Å²) in [5.41, 5.74) is 1.14. The van der Waals surface area contributed by atoms with E-state index in [-0.39, 0.29) is 11.8 Å². The number of rotatable bonds is 6. The predicted molar refractivity (Wildman–Crippen MR) is 91.3 cm³/mol. The van der Waals surface area contributed by atoms with Crippen molar-refractivity contribution in [1.29, 1.82) is 0 Å². The van der Waals surface area contributed by atoms with E-state index in [1.807, 2.05) is 26.1 Å². The lowest BCUT2D eigenvalue weighted by Gasteiger charge is -2.35. The van der Waals surface area contributed by atoms with Gasteiger partial charge in [0, 0.05) is 32.1 Å². The van der Waals surface area contributed by atoms with Crippen LogP contribution < -0.4 is 10.2 Å². The van der Waals surface area contributed by atoms with E-state index >= 15 is 0 Å². The van der Waals surface area contributed by atoms with E-state index in [1.165, 1.54) is 0 Å². The van der Waals surface area contributed by atoms with Crippen molar-refractivity contribution >= 4 is 17.4 Å². The normalized spacial score (nSPS) is 16.1. The third kappa shape index (κ3) is 4.19. The molecule has 1 aromatic rings. The molecule has 0 bridgehead atoms. The molecule has 1 aliphatic rings. The first kappa shape index (κ1) is 16.7.